The molecule has 0 aromatic heterocycles. The average molecular weight is 287 g/mol. The number of hydrogen-bond donors (Lipinski definition) is 1. The van der Waals surface area contributed by atoms with Gasteiger partial charge in [-0.3, -0.25) is 0 Å². The summed E-state index contributed by atoms with van der Waals surface area (Å²) < 4.78 is 0. The molecule has 4 rings (SSSR count). The Kier molecular flexibility index (Phi) is 3.55. The van der Waals surface area contributed by atoms with Crippen molar-refractivity contribution < 1.29 is 0 Å². The van der Waals surface area contributed by atoms with Crippen molar-refractivity contribution in [1.29, 1.82) is 0 Å². The van der Waals surface area contributed by atoms with Crippen molar-refractivity contribution in [2.45, 2.75) is 55.2 Å². The van der Waals surface area contributed by atoms with Gasteiger partial charge in [0.05, 0.1) is 0 Å². The van der Waals surface area contributed by atoms with Crippen LogP contribution < -0.4 is 5.32 Å². The Labute approximate surface area is 126 Å². The first kappa shape index (κ1) is 13.2. The van der Waals surface area contributed by atoms with Crippen molar-refractivity contribution in [1.82, 2.24) is 5.32 Å². The summed E-state index contributed by atoms with van der Waals surface area (Å²) in [6, 6.07) is 9.63. The largest absolute Gasteiger partial charge is 0.313 e. The molecule has 1 nitrogen and oxygen atoms in total. The molecule has 108 valence electrons. The molecule has 0 amide bonds. The van der Waals surface area contributed by atoms with Crippen molar-refractivity contribution in [2.75, 3.05) is 6.54 Å². The molecule has 2 fully saturated rings. The van der Waals surface area contributed by atoms with Crippen molar-refractivity contribution in [3.8, 4) is 0 Å². The van der Waals surface area contributed by atoms with Crippen molar-refractivity contribution in [3.63, 3.8) is 0 Å². The van der Waals surface area contributed by atoms with Gasteiger partial charge in [0.2, 0.25) is 0 Å². The number of fused-ring (bicyclic) bond motifs is 3. The number of hydrogen-bond acceptors (Lipinski definition) is 2. The Hall–Kier alpha value is -0.470. The number of nitrogens with one attached hydrogen (secondary N) is 1. The molecule has 1 aliphatic heterocycles. The summed E-state index contributed by atoms with van der Waals surface area (Å²) in [5.41, 5.74) is 1.55. The van der Waals surface area contributed by atoms with Gasteiger partial charge in [0.1, 0.15) is 0 Å². The van der Waals surface area contributed by atoms with Crippen LogP contribution in [0.3, 0.4) is 0 Å². The highest BCUT2D eigenvalue weighted by atomic mass is 32.2. The van der Waals surface area contributed by atoms with E-state index in [1.54, 1.807) is 5.56 Å². The maximum Gasteiger partial charge on any atom is 0.0260 e. The zero-order valence-electron chi connectivity index (χ0n) is 12.3. The fourth-order valence-electron chi connectivity index (χ4n) is 4.74. The summed E-state index contributed by atoms with van der Waals surface area (Å²) in [6.07, 6.45) is 7.29. The lowest BCUT2D eigenvalue weighted by atomic mass is 9.84. The summed E-state index contributed by atoms with van der Waals surface area (Å²) >= 11 is 2.07. The normalized spacial score (nSPS) is 36.2. The first-order valence-corrected chi connectivity index (χ1v) is 9.15. The zero-order chi connectivity index (χ0) is 13.5. The third-order valence-electron chi connectivity index (χ3n) is 5.82. The second-order valence-electron chi connectivity index (χ2n) is 7.09. The molecule has 5 unspecified atom stereocenters. The minimum atomic E-state index is 0.717. The van der Waals surface area contributed by atoms with E-state index in [0.717, 1.165) is 29.0 Å². The highest BCUT2D eigenvalue weighted by Crippen LogP contribution is 2.49. The van der Waals surface area contributed by atoms with E-state index in [2.05, 4.69) is 48.3 Å². The van der Waals surface area contributed by atoms with E-state index in [1.807, 2.05) is 0 Å². The van der Waals surface area contributed by atoms with Gasteiger partial charge >= 0.3 is 0 Å². The van der Waals surface area contributed by atoms with E-state index < -0.39 is 0 Å². The Balaban J connectivity index is 1.29. The van der Waals surface area contributed by atoms with E-state index >= 15 is 0 Å². The van der Waals surface area contributed by atoms with Crippen molar-refractivity contribution in [2.24, 2.45) is 17.8 Å². The maximum absolute atomic E-state index is 3.87. The lowest BCUT2D eigenvalue weighted by molar-refractivity contribution is 0.261. The summed E-state index contributed by atoms with van der Waals surface area (Å²) in [5.74, 6) is 3.07. The van der Waals surface area contributed by atoms with Gasteiger partial charge in [0.15, 0.2) is 0 Å². The van der Waals surface area contributed by atoms with Crippen LogP contribution in [0.15, 0.2) is 29.2 Å². The van der Waals surface area contributed by atoms with E-state index in [4.69, 9.17) is 0 Å². The number of rotatable bonds is 4. The van der Waals surface area contributed by atoms with Crippen LogP contribution in [0.25, 0.3) is 0 Å². The molecule has 1 aromatic rings. The van der Waals surface area contributed by atoms with Crippen molar-refractivity contribution >= 4 is 11.8 Å². The molecule has 5 atom stereocenters. The minimum Gasteiger partial charge on any atom is -0.313 e. The zero-order valence-corrected chi connectivity index (χ0v) is 13.2. The first-order chi connectivity index (χ1) is 9.79. The van der Waals surface area contributed by atoms with Crippen LogP contribution in [0.4, 0.5) is 0 Å². The second kappa shape index (κ2) is 5.38. The van der Waals surface area contributed by atoms with E-state index in [-0.39, 0.29) is 0 Å². The average Bonchev–Trinajstić information content (AvgIpc) is 3.18. The minimum absolute atomic E-state index is 0.717. The van der Waals surface area contributed by atoms with Crippen molar-refractivity contribution in [3.05, 3.63) is 29.8 Å². The molecule has 0 radical (unpaired) electrons. The van der Waals surface area contributed by atoms with E-state index in [9.17, 15) is 0 Å². The second-order valence-corrected chi connectivity index (χ2v) is 8.43. The highest BCUT2D eigenvalue weighted by molar-refractivity contribution is 8.00. The van der Waals surface area contributed by atoms with Gasteiger partial charge in [-0.15, -0.1) is 11.8 Å². The molecule has 2 aliphatic carbocycles. The lowest BCUT2D eigenvalue weighted by Gasteiger charge is -2.29. The lowest BCUT2D eigenvalue weighted by Crippen LogP contribution is -2.39. The predicted molar refractivity (Wildman–Crippen MR) is 86.2 cm³/mol. The van der Waals surface area contributed by atoms with Gasteiger partial charge < -0.3 is 5.32 Å². The standard InChI is InChI=1S/C18H25NS/c1-12(17-9-13-6-7-14(17)8-13)19-11-16-10-15-4-2-3-5-18(15)20-16/h2-5,12-14,16-17,19H,6-11H2,1H3. The fourth-order valence-corrected chi connectivity index (χ4v) is 6.00. The van der Waals surface area contributed by atoms with Crippen LogP contribution in [-0.2, 0) is 6.42 Å². The van der Waals surface area contributed by atoms with Crippen LogP contribution in [0.1, 0.15) is 38.2 Å². The third kappa shape index (κ3) is 2.42. The fraction of sp³-hybridized carbons (Fsp3) is 0.667. The molecule has 3 aliphatic rings. The van der Waals surface area contributed by atoms with Crippen LogP contribution in [0, 0.1) is 17.8 Å². The maximum atomic E-state index is 3.87. The van der Waals surface area contributed by atoms with E-state index in [1.165, 1.54) is 43.5 Å². The first-order valence-electron chi connectivity index (χ1n) is 8.27. The van der Waals surface area contributed by atoms with Gasteiger partial charge in [-0.2, -0.15) is 0 Å². The molecule has 1 N–H and O–H groups in total. The van der Waals surface area contributed by atoms with Crippen LogP contribution in [-0.4, -0.2) is 17.8 Å². The molecule has 1 heterocycles. The van der Waals surface area contributed by atoms with Gasteiger partial charge in [0, 0.05) is 22.7 Å². The van der Waals surface area contributed by atoms with Crippen LogP contribution >= 0.6 is 11.8 Å². The number of benzene rings is 1. The highest BCUT2D eigenvalue weighted by Gasteiger charge is 2.41. The quantitative estimate of drug-likeness (QED) is 0.894. The monoisotopic (exact) mass is 287 g/mol. The van der Waals surface area contributed by atoms with Gasteiger partial charge in [0.25, 0.3) is 0 Å². The topological polar surface area (TPSA) is 12.0 Å². The van der Waals surface area contributed by atoms with Gasteiger partial charge in [-0.1, -0.05) is 24.6 Å². The molecule has 2 bridgehead atoms. The molecule has 1 aromatic carbocycles. The summed E-state index contributed by atoms with van der Waals surface area (Å²) in [4.78, 5) is 1.51. The molecular weight excluding hydrogens is 262 g/mol. The third-order valence-corrected chi connectivity index (χ3v) is 7.14. The smallest absolute Gasteiger partial charge is 0.0260 e. The predicted octanol–water partition coefficient (Wildman–Crippen LogP) is 4.12. The Morgan fingerprint density at radius 1 is 1.25 bits per heavy atom. The SMILES string of the molecule is CC(NCC1Cc2ccccc2S1)C1CC2CCC1C2. The van der Waals surface area contributed by atoms with Gasteiger partial charge in [-0.05, 0) is 62.0 Å². The molecule has 20 heavy (non-hydrogen) atoms. The number of thioether (sulfide) groups is 1. The summed E-state index contributed by atoms with van der Waals surface area (Å²) in [7, 11) is 0. The summed E-state index contributed by atoms with van der Waals surface area (Å²) in [6.45, 7) is 3.60. The Bertz CT molecular complexity index is 461. The molecular formula is C18H25NS. The molecule has 0 spiro atoms. The van der Waals surface area contributed by atoms with Crippen LogP contribution in [0.5, 0.6) is 0 Å². The van der Waals surface area contributed by atoms with Gasteiger partial charge in [-0.25, -0.2) is 0 Å². The molecule has 2 heteroatoms. The summed E-state index contributed by atoms with van der Waals surface area (Å²) in [5, 5.41) is 4.61. The Morgan fingerprint density at radius 2 is 2.15 bits per heavy atom. The van der Waals surface area contributed by atoms with E-state index in [0.29, 0.717) is 0 Å². The molecule has 0 saturated heterocycles. The Morgan fingerprint density at radius 3 is 2.90 bits per heavy atom. The van der Waals surface area contributed by atoms with Crippen LogP contribution in [0.2, 0.25) is 0 Å². The molecule has 2 saturated carbocycles.